The Morgan fingerprint density at radius 3 is 2.43 bits per heavy atom. The fourth-order valence-corrected chi connectivity index (χ4v) is 4.33. The van der Waals surface area contributed by atoms with E-state index in [4.69, 9.17) is 0 Å². The van der Waals surface area contributed by atoms with Crippen molar-refractivity contribution in [1.29, 1.82) is 0 Å². The van der Waals surface area contributed by atoms with Gasteiger partial charge in [-0.2, -0.15) is 17.4 Å². The highest BCUT2D eigenvalue weighted by atomic mass is 32.2. The zero-order chi connectivity index (χ0) is 16.3. The summed E-state index contributed by atoms with van der Waals surface area (Å²) in [6.07, 6.45) is 6.42. The van der Waals surface area contributed by atoms with E-state index in [2.05, 4.69) is 9.71 Å². The van der Waals surface area contributed by atoms with Crippen LogP contribution in [0.25, 0.3) is 0 Å². The normalized spacial score (nSPS) is 18.0. The molecule has 0 bridgehead atoms. The van der Waals surface area contributed by atoms with E-state index >= 15 is 0 Å². The van der Waals surface area contributed by atoms with Crippen LogP contribution in [0.3, 0.4) is 0 Å². The summed E-state index contributed by atoms with van der Waals surface area (Å²) in [5, 5.41) is 0. The lowest BCUT2D eigenvalue weighted by molar-refractivity contribution is 0.339. The fraction of sp³-hybridized carbons (Fsp3) is 0.438. The van der Waals surface area contributed by atoms with Crippen molar-refractivity contribution in [2.45, 2.75) is 25.3 Å². The molecule has 1 N–H and O–H groups in total. The lowest BCUT2D eigenvalue weighted by Gasteiger charge is -2.28. The molecule has 1 unspecified atom stereocenters. The van der Waals surface area contributed by atoms with E-state index in [0.717, 1.165) is 24.8 Å². The molecule has 23 heavy (non-hydrogen) atoms. The summed E-state index contributed by atoms with van der Waals surface area (Å²) >= 11 is 0. The first-order valence-corrected chi connectivity index (χ1v) is 9.31. The quantitative estimate of drug-likeness (QED) is 0.907. The third-order valence-corrected chi connectivity index (χ3v) is 5.75. The average Bonchev–Trinajstić information content (AvgIpc) is 3.00. The van der Waals surface area contributed by atoms with Gasteiger partial charge in [0, 0.05) is 32.5 Å². The molecule has 1 aromatic heterocycles. The monoisotopic (exact) mass is 334 g/mol. The second kappa shape index (κ2) is 6.82. The van der Waals surface area contributed by atoms with Crippen molar-refractivity contribution in [3.63, 3.8) is 0 Å². The molecule has 2 heterocycles. The topological polar surface area (TPSA) is 67.2 Å². The maximum atomic E-state index is 12.8. The maximum absolute atomic E-state index is 12.8. The predicted octanol–water partition coefficient (Wildman–Crippen LogP) is 1.83. The molecule has 3 rings (SSSR count). The summed E-state index contributed by atoms with van der Waals surface area (Å²) in [7, 11) is -1.67. The van der Waals surface area contributed by atoms with Crippen molar-refractivity contribution < 1.29 is 8.42 Å². The van der Waals surface area contributed by atoms with Crippen LogP contribution in [0.1, 0.15) is 36.7 Å². The standard InChI is InChI=1S/C16H22N4O2S/c1-19-13-10-17-16(19)15(14-8-4-2-5-9-14)18-23(21,22)20-11-6-3-7-12-20/h2,4-5,8-10,13,15,18H,3,6-7,11-12H2,1H3. The Labute approximate surface area is 137 Å². The van der Waals surface area contributed by atoms with E-state index in [1.807, 2.05) is 48.1 Å². The van der Waals surface area contributed by atoms with Crippen molar-refractivity contribution in [1.82, 2.24) is 18.6 Å². The molecule has 0 radical (unpaired) electrons. The fourth-order valence-electron chi connectivity index (χ4n) is 2.90. The average molecular weight is 334 g/mol. The Bertz CT molecular complexity index is 736. The zero-order valence-electron chi connectivity index (χ0n) is 13.2. The van der Waals surface area contributed by atoms with Crippen molar-refractivity contribution in [3.05, 3.63) is 54.1 Å². The van der Waals surface area contributed by atoms with Gasteiger partial charge in [0.1, 0.15) is 11.9 Å². The smallest absolute Gasteiger partial charge is 0.280 e. The van der Waals surface area contributed by atoms with Crippen LogP contribution in [0.15, 0.2) is 42.7 Å². The molecular weight excluding hydrogens is 312 g/mol. The number of hydrogen-bond acceptors (Lipinski definition) is 3. The molecule has 1 atom stereocenters. The van der Waals surface area contributed by atoms with Crippen molar-refractivity contribution in [2.24, 2.45) is 7.05 Å². The Balaban J connectivity index is 1.92. The van der Waals surface area contributed by atoms with E-state index < -0.39 is 16.3 Å². The summed E-state index contributed by atoms with van der Waals surface area (Å²) in [4.78, 5) is 4.34. The van der Waals surface area contributed by atoms with Gasteiger partial charge in [-0.25, -0.2) is 4.98 Å². The lowest BCUT2D eigenvalue weighted by Crippen LogP contribution is -2.45. The highest BCUT2D eigenvalue weighted by Gasteiger charge is 2.29. The molecule has 1 aromatic carbocycles. The molecule has 0 amide bonds. The van der Waals surface area contributed by atoms with E-state index in [9.17, 15) is 8.42 Å². The summed E-state index contributed by atoms with van der Waals surface area (Å²) in [6.45, 7) is 1.16. The molecule has 1 aliphatic heterocycles. The molecule has 1 fully saturated rings. The van der Waals surface area contributed by atoms with Gasteiger partial charge in [-0.05, 0) is 18.4 Å². The third-order valence-electron chi connectivity index (χ3n) is 4.17. The van der Waals surface area contributed by atoms with E-state index in [1.165, 1.54) is 4.31 Å². The number of aryl methyl sites for hydroxylation is 1. The number of benzene rings is 1. The molecule has 1 aliphatic rings. The van der Waals surface area contributed by atoms with Crippen LogP contribution < -0.4 is 4.72 Å². The molecule has 6 nitrogen and oxygen atoms in total. The van der Waals surface area contributed by atoms with Gasteiger partial charge in [-0.3, -0.25) is 0 Å². The van der Waals surface area contributed by atoms with Crippen LogP contribution in [0.5, 0.6) is 0 Å². The maximum Gasteiger partial charge on any atom is 0.280 e. The van der Waals surface area contributed by atoms with Crippen LogP contribution in [0, 0.1) is 0 Å². The second-order valence-corrected chi connectivity index (χ2v) is 7.52. The van der Waals surface area contributed by atoms with Gasteiger partial charge in [-0.15, -0.1) is 0 Å². The van der Waals surface area contributed by atoms with Crippen LogP contribution >= 0.6 is 0 Å². The first-order valence-electron chi connectivity index (χ1n) is 7.87. The van der Waals surface area contributed by atoms with Crippen LogP contribution in [-0.4, -0.2) is 35.4 Å². The number of nitrogens with zero attached hydrogens (tertiary/aromatic N) is 3. The number of hydrogen-bond donors (Lipinski definition) is 1. The van der Waals surface area contributed by atoms with Crippen LogP contribution in [0.2, 0.25) is 0 Å². The molecule has 0 saturated carbocycles. The Morgan fingerprint density at radius 1 is 1.13 bits per heavy atom. The zero-order valence-corrected chi connectivity index (χ0v) is 14.0. The Kier molecular flexibility index (Phi) is 4.79. The summed E-state index contributed by atoms with van der Waals surface area (Å²) in [5.74, 6) is 0.678. The molecule has 7 heteroatoms. The molecule has 1 saturated heterocycles. The van der Waals surface area contributed by atoms with Gasteiger partial charge in [0.05, 0.1) is 0 Å². The minimum absolute atomic E-state index is 0.497. The van der Waals surface area contributed by atoms with Crippen LogP contribution in [0.4, 0.5) is 0 Å². The summed E-state index contributed by atoms with van der Waals surface area (Å²) in [5.41, 5.74) is 0.877. The SMILES string of the molecule is Cn1ccnc1C(NS(=O)(=O)N1CCCCC1)c1ccccc1. The number of aromatic nitrogens is 2. The van der Waals surface area contributed by atoms with Crippen LogP contribution in [-0.2, 0) is 17.3 Å². The van der Waals surface area contributed by atoms with Crippen molar-refractivity contribution >= 4 is 10.2 Å². The van der Waals surface area contributed by atoms with Gasteiger partial charge in [-0.1, -0.05) is 36.8 Å². The highest BCUT2D eigenvalue weighted by Crippen LogP contribution is 2.23. The van der Waals surface area contributed by atoms with E-state index in [-0.39, 0.29) is 0 Å². The van der Waals surface area contributed by atoms with Crippen molar-refractivity contribution in [2.75, 3.05) is 13.1 Å². The van der Waals surface area contributed by atoms with E-state index in [1.54, 1.807) is 6.20 Å². The molecule has 2 aromatic rings. The summed E-state index contributed by atoms with van der Waals surface area (Å²) in [6, 6.07) is 9.05. The summed E-state index contributed by atoms with van der Waals surface area (Å²) < 4.78 is 31.7. The second-order valence-electron chi connectivity index (χ2n) is 5.82. The minimum atomic E-state index is -3.54. The van der Waals surface area contributed by atoms with Gasteiger partial charge in [0.25, 0.3) is 10.2 Å². The Hall–Kier alpha value is -1.70. The molecule has 0 aliphatic carbocycles. The van der Waals surface area contributed by atoms with Gasteiger partial charge in [0.15, 0.2) is 0 Å². The lowest BCUT2D eigenvalue weighted by atomic mass is 10.1. The van der Waals surface area contributed by atoms with Gasteiger partial charge < -0.3 is 4.57 Å². The number of rotatable bonds is 5. The largest absolute Gasteiger partial charge is 0.336 e. The van der Waals surface area contributed by atoms with E-state index in [0.29, 0.717) is 18.9 Å². The predicted molar refractivity (Wildman–Crippen MR) is 89.0 cm³/mol. The first-order chi connectivity index (χ1) is 11.1. The first kappa shape index (κ1) is 16.2. The van der Waals surface area contributed by atoms with Gasteiger partial charge in [0.2, 0.25) is 0 Å². The molecule has 124 valence electrons. The molecule has 0 spiro atoms. The third kappa shape index (κ3) is 3.63. The number of piperidine rings is 1. The minimum Gasteiger partial charge on any atom is -0.336 e. The highest BCUT2D eigenvalue weighted by molar-refractivity contribution is 7.87. The Morgan fingerprint density at radius 2 is 1.83 bits per heavy atom. The van der Waals surface area contributed by atoms with Gasteiger partial charge >= 0.3 is 0 Å². The number of nitrogens with one attached hydrogen (secondary N) is 1. The number of imidazole rings is 1. The van der Waals surface area contributed by atoms with Crippen molar-refractivity contribution in [3.8, 4) is 0 Å². The molecular formula is C16H22N4O2S.